The van der Waals surface area contributed by atoms with Gasteiger partial charge in [-0.3, -0.25) is 9.59 Å². The van der Waals surface area contributed by atoms with Gasteiger partial charge in [-0.1, -0.05) is 40.9 Å². The van der Waals surface area contributed by atoms with Crippen LogP contribution in [0.15, 0.2) is 24.3 Å². The van der Waals surface area contributed by atoms with E-state index >= 15 is 0 Å². The van der Waals surface area contributed by atoms with Gasteiger partial charge in [0.25, 0.3) is 0 Å². The molecule has 1 aliphatic carbocycles. The summed E-state index contributed by atoms with van der Waals surface area (Å²) in [6, 6.07) is 0. The van der Waals surface area contributed by atoms with Crippen LogP contribution in [0.1, 0.15) is 156 Å². The van der Waals surface area contributed by atoms with Crippen molar-refractivity contribution in [3.8, 4) is 0 Å². The Hall–Kier alpha value is -1.98. The van der Waals surface area contributed by atoms with Gasteiger partial charge in [0.15, 0.2) is 17.4 Å². The molecule has 18 heteroatoms. The number of ketones is 1. The fourth-order valence-electron chi connectivity index (χ4n) is 18.9. The highest BCUT2D eigenvalue weighted by Crippen LogP contribution is 2.59. The van der Waals surface area contributed by atoms with E-state index in [0.717, 1.165) is 68.9 Å². The summed E-state index contributed by atoms with van der Waals surface area (Å²) in [5.74, 6) is -2.30. The van der Waals surface area contributed by atoms with Crippen LogP contribution in [0.3, 0.4) is 0 Å². The molecule has 0 aromatic rings. The first kappa shape index (κ1) is 54.7. The molecular weight excluding hydrogens is 1030 g/mol. The molecule has 444 valence electrons. The quantitative estimate of drug-likeness (QED) is 0.231. The van der Waals surface area contributed by atoms with Crippen LogP contribution in [0, 0.1) is 35.5 Å². The Balaban J connectivity index is 0.652. The average Bonchev–Trinajstić information content (AvgIpc) is 4.36. The molecule has 80 heavy (non-hydrogen) atoms. The Morgan fingerprint density at radius 1 is 0.550 bits per heavy atom. The third kappa shape index (κ3) is 9.52. The third-order valence-electron chi connectivity index (χ3n) is 22.7. The van der Waals surface area contributed by atoms with Crippen molar-refractivity contribution in [2.45, 2.75) is 308 Å². The zero-order valence-electron chi connectivity index (χ0n) is 47.4. The van der Waals surface area contributed by atoms with Crippen LogP contribution in [0.2, 0.25) is 0 Å². The van der Waals surface area contributed by atoms with Gasteiger partial charge in [0.1, 0.15) is 18.0 Å². The molecule has 16 fully saturated rings. The SMILES string of the molecule is C=C1C[C@@H]2CC[C@@]34C[C@@H]5O[C@@H]6[C@@H](C[C@H]7CC[C@H](CC(=O)O[C@@H]8[C@@H](C)[C@@H]9O[C@@H]%10C[C@]%11(C[C@@H]%12O[C@]%13(C[C@H](C)[C@@H]%14O[C@H](CC(=O)CCO)[C@H](O)C[C@@H]%14O%13)C[C@H](C)[C@@H]%12O%11)O[C@@H]%10C[C@@H]9O[C@H]8C[C@H]8O[C@@H](CC[C@@H]1O2)C[C@@H](C)C8=C)O[C@@H]7[C@@H]6O3)[C@@H]5O4. The predicted molar refractivity (Wildman–Crippen MR) is 280 cm³/mol. The number of carbonyl (C=O) groups is 2. The van der Waals surface area contributed by atoms with Crippen molar-refractivity contribution in [2.24, 2.45) is 35.5 Å². The molecule has 0 unspecified atom stereocenters. The number of carbonyl (C=O) groups excluding carboxylic acids is 2. The Morgan fingerprint density at radius 2 is 1.25 bits per heavy atom. The van der Waals surface area contributed by atoms with Crippen LogP contribution in [0.25, 0.3) is 0 Å². The summed E-state index contributed by atoms with van der Waals surface area (Å²) in [6.45, 7) is 17.6. The van der Waals surface area contributed by atoms with Gasteiger partial charge in [-0.2, -0.15) is 0 Å². The van der Waals surface area contributed by atoms with Gasteiger partial charge >= 0.3 is 5.97 Å². The molecule has 2 N–H and O–H groups in total. The minimum atomic E-state index is -0.930. The van der Waals surface area contributed by atoms with Crippen molar-refractivity contribution >= 4 is 11.8 Å². The van der Waals surface area contributed by atoms with Gasteiger partial charge in [0.2, 0.25) is 0 Å². The smallest absolute Gasteiger partial charge is 0.308 e. The molecule has 0 radical (unpaired) electrons. The van der Waals surface area contributed by atoms with E-state index < -0.39 is 47.9 Å². The fraction of sp³-hybridized carbons (Fsp3) is 0.903. The second-order valence-electron chi connectivity index (χ2n) is 28.2. The first-order valence-electron chi connectivity index (χ1n) is 31.5. The van der Waals surface area contributed by atoms with E-state index in [0.29, 0.717) is 57.3 Å². The Kier molecular flexibility index (Phi) is 14.1. The van der Waals surface area contributed by atoms with Crippen LogP contribution < -0.4 is 0 Å². The molecule has 0 aromatic carbocycles. The number of fused-ring (bicyclic) bond motifs is 10. The molecule has 15 saturated heterocycles. The van der Waals surface area contributed by atoms with E-state index in [4.69, 9.17) is 66.3 Å². The van der Waals surface area contributed by atoms with Gasteiger partial charge in [0.05, 0.1) is 129 Å². The second-order valence-corrected chi connectivity index (χ2v) is 28.2. The van der Waals surface area contributed by atoms with Crippen LogP contribution in [-0.2, 0) is 75.9 Å². The number of aliphatic hydroxyl groups excluding tert-OH is 2. The van der Waals surface area contributed by atoms with E-state index in [2.05, 4.69) is 40.9 Å². The summed E-state index contributed by atoms with van der Waals surface area (Å²) in [6.07, 6.45) is 5.90. The van der Waals surface area contributed by atoms with Crippen molar-refractivity contribution in [2.75, 3.05) is 6.61 Å². The number of rotatable bonds is 4. The van der Waals surface area contributed by atoms with Gasteiger partial charge in [-0.25, -0.2) is 0 Å². The van der Waals surface area contributed by atoms with Gasteiger partial charge in [-0.15, -0.1) is 0 Å². The minimum absolute atomic E-state index is 0.0107. The van der Waals surface area contributed by atoms with Crippen molar-refractivity contribution in [1.82, 2.24) is 0 Å². The Labute approximate surface area is 470 Å². The summed E-state index contributed by atoms with van der Waals surface area (Å²) < 4.78 is 97.4. The summed E-state index contributed by atoms with van der Waals surface area (Å²) >= 11 is 0. The molecule has 31 atom stereocenters. The molecule has 12 bridgehead atoms. The molecule has 0 aromatic heterocycles. The van der Waals surface area contributed by atoms with Gasteiger partial charge < -0.3 is 76.5 Å². The molecule has 3 spiro atoms. The van der Waals surface area contributed by atoms with Crippen molar-refractivity contribution in [3.05, 3.63) is 24.3 Å². The number of ether oxygens (including phenoxy) is 14. The zero-order valence-corrected chi connectivity index (χ0v) is 47.4. The summed E-state index contributed by atoms with van der Waals surface area (Å²) in [7, 11) is 0. The van der Waals surface area contributed by atoms with Gasteiger partial charge in [0, 0.05) is 89.1 Å². The third-order valence-corrected chi connectivity index (χ3v) is 22.7. The Bertz CT molecular complexity index is 2410. The molecule has 15 heterocycles. The van der Waals surface area contributed by atoms with Gasteiger partial charge in [-0.05, 0) is 86.2 Å². The topological polar surface area (TPSA) is 204 Å². The lowest BCUT2D eigenvalue weighted by Crippen LogP contribution is -2.62. The second kappa shape index (κ2) is 20.6. The summed E-state index contributed by atoms with van der Waals surface area (Å²) in [4.78, 5) is 27.0. The van der Waals surface area contributed by atoms with E-state index in [1.165, 1.54) is 0 Å². The van der Waals surface area contributed by atoms with E-state index in [-0.39, 0.29) is 171 Å². The molecule has 15 aliphatic heterocycles. The minimum Gasteiger partial charge on any atom is -0.459 e. The average molecular weight is 1120 g/mol. The molecular formula is C62H88O18. The highest BCUT2D eigenvalue weighted by atomic mass is 16.8. The Morgan fingerprint density at radius 3 is 2.10 bits per heavy atom. The van der Waals surface area contributed by atoms with Crippen LogP contribution in [-0.4, -0.2) is 180 Å². The van der Waals surface area contributed by atoms with Crippen LogP contribution in [0.5, 0.6) is 0 Å². The fourth-order valence-corrected chi connectivity index (χ4v) is 18.9. The molecule has 16 rings (SSSR count). The number of hydrogen-bond acceptors (Lipinski definition) is 18. The number of aliphatic hydroxyl groups is 2. The first-order chi connectivity index (χ1) is 38.5. The molecule has 18 nitrogen and oxygen atoms in total. The standard InChI is InChI=1S/C62H88O18/c1-28-15-36-9-10-41-29(2)16-38(67-41)11-13-60-26-49-57(79-60)39-17-34-7-8-37(69-56(34)59(80-60)58(39)73-49)19-51(66)74-55-33(6)54-46(70-45(55)21-42(68-36)32(28)5)22-44-48(72-54)25-62(75-44)27-50-53(78-62)31(4)24-61(77-50)23-30(3)52-47(76-61)20-40(65)43(71-52)18-35(64)12-14-63/h28,30-31,33-34,36-50,52-59,63,65H,2,5,7-27H2,1,3-4,6H3/t28-,30+,31+,33+,34-,36+,37-,38+,39+,40-,41+,42-,43-,44-,45+,46+,47+,48-,49+,50+,52+,53+,54+,55-,56+,57+,58-,59+,60+,61-,62+/m1/s1. The summed E-state index contributed by atoms with van der Waals surface area (Å²) in [5, 5.41) is 20.4. The molecule has 16 aliphatic rings. The van der Waals surface area contributed by atoms with Crippen molar-refractivity contribution in [1.29, 1.82) is 0 Å². The van der Waals surface area contributed by atoms with Crippen molar-refractivity contribution < 1.29 is 86.1 Å². The maximum atomic E-state index is 14.6. The predicted octanol–water partition coefficient (Wildman–Crippen LogP) is 6.39. The maximum Gasteiger partial charge on any atom is 0.308 e. The number of Topliss-reactive ketones (excluding diaryl/α,β-unsaturated/α-hetero) is 1. The lowest BCUT2D eigenvalue weighted by atomic mass is 9.70. The number of hydrogen-bond donors (Lipinski definition) is 2. The highest BCUT2D eigenvalue weighted by Gasteiger charge is 2.69. The van der Waals surface area contributed by atoms with Crippen LogP contribution >= 0.6 is 0 Å². The van der Waals surface area contributed by atoms with Crippen LogP contribution in [0.4, 0.5) is 0 Å². The first-order valence-corrected chi connectivity index (χ1v) is 31.5. The van der Waals surface area contributed by atoms with Crippen molar-refractivity contribution in [3.63, 3.8) is 0 Å². The zero-order chi connectivity index (χ0) is 54.7. The summed E-state index contributed by atoms with van der Waals surface area (Å²) in [5.41, 5.74) is 2.18. The molecule has 0 amide bonds. The monoisotopic (exact) mass is 1120 g/mol. The normalized spacial score (nSPS) is 56.9. The number of esters is 1. The largest absolute Gasteiger partial charge is 0.459 e. The maximum absolute atomic E-state index is 14.6. The lowest BCUT2D eigenvalue weighted by molar-refractivity contribution is -0.371. The van der Waals surface area contributed by atoms with E-state index in [1.807, 2.05) is 0 Å². The van der Waals surface area contributed by atoms with E-state index in [9.17, 15) is 19.8 Å². The highest BCUT2D eigenvalue weighted by molar-refractivity contribution is 5.79. The van der Waals surface area contributed by atoms with E-state index in [1.54, 1.807) is 0 Å². The lowest BCUT2D eigenvalue weighted by Gasteiger charge is -2.54. The molecule has 1 saturated carbocycles.